The van der Waals surface area contributed by atoms with Crippen molar-refractivity contribution in [1.29, 1.82) is 0 Å². The number of carbonyl (C=O) groups excluding carboxylic acids is 1. The Balaban J connectivity index is 1.94. The molecule has 5 nitrogen and oxygen atoms in total. The summed E-state index contributed by atoms with van der Waals surface area (Å²) in [6.45, 7) is 2.02. The first-order valence-corrected chi connectivity index (χ1v) is 6.37. The van der Waals surface area contributed by atoms with Crippen molar-refractivity contribution < 1.29 is 14.7 Å². The quantitative estimate of drug-likeness (QED) is 0.779. The molecular weight excluding hydrogens is 244 g/mol. The number of nitrogens with one attached hydrogen (secondary N) is 2. The van der Waals surface area contributed by atoms with E-state index in [1.54, 1.807) is 24.3 Å². The van der Waals surface area contributed by atoms with E-state index in [0.717, 1.165) is 19.3 Å². The van der Waals surface area contributed by atoms with Crippen LogP contribution in [-0.4, -0.2) is 22.6 Å². The Morgan fingerprint density at radius 3 is 2.68 bits per heavy atom. The molecule has 0 radical (unpaired) electrons. The van der Waals surface area contributed by atoms with Crippen LogP contribution in [0.3, 0.4) is 0 Å². The van der Waals surface area contributed by atoms with Gasteiger partial charge in [-0.3, -0.25) is 4.79 Å². The summed E-state index contributed by atoms with van der Waals surface area (Å²) < 4.78 is 0. The van der Waals surface area contributed by atoms with E-state index in [1.165, 1.54) is 0 Å². The van der Waals surface area contributed by atoms with Crippen LogP contribution in [0, 0.1) is 0 Å². The first kappa shape index (κ1) is 13.4. The van der Waals surface area contributed by atoms with E-state index in [9.17, 15) is 9.59 Å². The number of benzene rings is 1. The number of rotatable bonds is 4. The lowest BCUT2D eigenvalue weighted by Gasteiger charge is -2.39. The Kier molecular flexibility index (Phi) is 3.74. The van der Waals surface area contributed by atoms with Gasteiger partial charge in [-0.2, -0.15) is 0 Å². The van der Waals surface area contributed by atoms with Gasteiger partial charge in [0.2, 0.25) is 0 Å². The van der Waals surface area contributed by atoms with Crippen molar-refractivity contribution in [2.75, 3.05) is 5.32 Å². The number of anilines is 1. The Bertz CT molecular complexity index is 495. The van der Waals surface area contributed by atoms with E-state index in [-0.39, 0.29) is 18.0 Å². The fourth-order valence-electron chi connectivity index (χ4n) is 2.20. The number of hydrogen-bond donors (Lipinski definition) is 3. The lowest BCUT2D eigenvalue weighted by atomic mass is 9.79. The molecular formula is C14H18N2O3. The maximum Gasteiger partial charge on any atom is 0.319 e. The third kappa shape index (κ3) is 3.71. The standard InChI is InChI=1S/C14H18N2O3/c1-14(6-3-7-14)16-13(19)15-11-5-2-4-10(8-11)9-12(17)18/h2,4-5,8H,3,6-7,9H2,1H3,(H,17,18)(H2,15,16,19). The van der Waals surface area contributed by atoms with E-state index in [4.69, 9.17) is 5.11 Å². The lowest BCUT2D eigenvalue weighted by Crippen LogP contribution is -2.52. The second kappa shape index (κ2) is 5.30. The SMILES string of the molecule is CC1(NC(=O)Nc2cccc(CC(=O)O)c2)CCC1. The molecule has 1 aromatic carbocycles. The molecule has 0 spiro atoms. The molecule has 1 saturated carbocycles. The average molecular weight is 262 g/mol. The second-order valence-electron chi connectivity index (χ2n) is 5.26. The van der Waals surface area contributed by atoms with Crippen molar-refractivity contribution in [3.8, 4) is 0 Å². The summed E-state index contributed by atoms with van der Waals surface area (Å²) >= 11 is 0. The Morgan fingerprint density at radius 1 is 1.37 bits per heavy atom. The van der Waals surface area contributed by atoms with Crippen molar-refractivity contribution in [2.24, 2.45) is 0 Å². The first-order valence-electron chi connectivity index (χ1n) is 6.37. The zero-order valence-electron chi connectivity index (χ0n) is 10.9. The van der Waals surface area contributed by atoms with Crippen LogP contribution in [0.5, 0.6) is 0 Å². The predicted molar refractivity (Wildman–Crippen MR) is 72.2 cm³/mol. The summed E-state index contributed by atoms with van der Waals surface area (Å²) in [5.74, 6) is -0.886. The van der Waals surface area contributed by atoms with Gasteiger partial charge >= 0.3 is 12.0 Å². The number of aliphatic carboxylic acids is 1. The van der Waals surface area contributed by atoms with E-state index in [2.05, 4.69) is 10.6 Å². The van der Waals surface area contributed by atoms with Crippen molar-refractivity contribution in [2.45, 2.75) is 38.1 Å². The Labute approximate surface area is 112 Å². The molecule has 0 aliphatic heterocycles. The summed E-state index contributed by atoms with van der Waals surface area (Å²) in [6, 6.07) is 6.64. The van der Waals surface area contributed by atoms with Gasteiger partial charge < -0.3 is 15.7 Å². The highest BCUT2D eigenvalue weighted by Gasteiger charge is 2.33. The highest BCUT2D eigenvalue weighted by Crippen LogP contribution is 2.30. The third-order valence-corrected chi connectivity index (χ3v) is 3.41. The number of amides is 2. The van der Waals surface area contributed by atoms with Gasteiger partial charge in [-0.15, -0.1) is 0 Å². The first-order chi connectivity index (χ1) is 8.97. The van der Waals surface area contributed by atoms with Gasteiger partial charge in [0.05, 0.1) is 6.42 Å². The zero-order chi connectivity index (χ0) is 13.9. The molecule has 0 atom stereocenters. The molecule has 2 rings (SSSR count). The summed E-state index contributed by atoms with van der Waals surface area (Å²) in [6.07, 6.45) is 3.10. The van der Waals surface area contributed by atoms with Crippen molar-refractivity contribution in [1.82, 2.24) is 5.32 Å². The minimum absolute atomic E-state index is 0.0468. The number of carboxylic acid groups (broad SMARTS) is 1. The van der Waals surface area contributed by atoms with Crippen molar-refractivity contribution >= 4 is 17.7 Å². The molecule has 0 aromatic heterocycles. The topological polar surface area (TPSA) is 78.4 Å². The van der Waals surface area contributed by atoms with Gasteiger partial charge in [0, 0.05) is 11.2 Å². The Hall–Kier alpha value is -2.04. The van der Waals surface area contributed by atoms with Crippen molar-refractivity contribution in [3.05, 3.63) is 29.8 Å². The number of carbonyl (C=O) groups is 2. The smallest absolute Gasteiger partial charge is 0.319 e. The van der Waals surface area contributed by atoms with Crippen LogP contribution >= 0.6 is 0 Å². The molecule has 1 aliphatic carbocycles. The largest absolute Gasteiger partial charge is 0.481 e. The number of urea groups is 1. The van der Waals surface area contributed by atoms with Gasteiger partial charge in [-0.1, -0.05) is 12.1 Å². The lowest BCUT2D eigenvalue weighted by molar-refractivity contribution is -0.136. The van der Waals surface area contributed by atoms with E-state index < -0.39 is 5.97 Å². The minimum Gasteiger partial charge on any atom is -0.481 e. The maximum absolute atomic E-state index is 11.8. The molecule has 1 aliphatic rings. The number of carboxylic acids is 1. The molecule has 0 bridgehead atoms. The van der Waals surface area contributed by atoms with E-state index >= 15 is 0 Å². The van der Waals surface area contributed by atoms with Crippen LogP contribution in [0.15, 0.2) is 24.3 Å². The van der Waals surface area contributed by atoms with Gasteiger partial charge in [-0.25, -0.2) is 4.79 Å². The molecule has 3 N–H and O–H groups in total. The molecule has 1 fully saturated rings. The highest BCUT2D eigenvalue weighted by atomic mass is 16.4. The minimum atomic E-state index is -0.886. The van der Waals surface area contributed by atoms with Crippen molar-refractivity contribution in [3.63, 3.8) is 0 Å². The van der Waals surface area contributed by atoms with Crippen LogP contribution in [-0.2, 0) is 11.2 Å². The summed E-state index contributed by atoms with van der Waals surface area (Å²) in [4.78, 5) is 22.5. The molecule has 0 unspecified atom stereocenters. The zero-order valence-corrected chi connectivity index (χ0v) is 10.9. The molecule has 2 amide bonds. The van der Waals surface area contributed by atoms with E-state index in [1.807, 2.05) is 6.92 Å². The number of hydrogen-bond acceptors (Lipinski definition) is 2. The fourth-order valence-corrected chi connectivity index (χ4v) is 2.20. The molecule has 0 saturated heterocycles. The van der Waals surface area contributed by atoms with Gasteiger partial charge in [0.15, 0.2) is 0 Å². The average Bonchev–Trinajstić information content (AvgIpc) is 2.26. The molecule has 102 valence electrons. The highest BCUT2D eigenvalue weighted by molar-refractivity contribution is 5.90. The fraction of sp³-hybridized carbons (Fsp3) is 0.429. The molecule has 0 heterocycles. The Morgan fingerprint density at radius 2 is 2.11 bits per heavy atom. The van der Waals surface area contributed by atoms with Gasteiger partial charge in [0.25, 0.3) is 0 Å². The van der Waals surface area contributed by atoms with Crippen LogP contribution in [0.25, 0.3) is 0 Å². The van der Waals surface area contributed by atoms with Gasteiger partial charge in [-0.05, 0) is 43.9 Å². The summed E-state index contributed by atoms with van der Waals surface area (Å²) in [5.41, 5.74) is 1.18. The van der Waals surface area contributed by atoms with Crippen LogP contribution in [0.4, 0.5) is 10.5 Å². The van der Waals surface area contributed by atoms with Crippen LogP contribution < -0.4 is 10.6 Å². The third-order valence-electron chi connectivity index (χ3n) is 3.41. The molecule has 19 heavy (non-hydrogen) atoms. The van der Waals surface area contributed by atoms with E-state index in [0.29, 0.717) is 11.3 Å². The normalized spacial score (nSPS) is 16.3. The monoisotopic (exact) mass is 262 g/mol. The summed E-state index contributed by atoms with van der Waals surface area (Å²) in [7, 11) is 0. The van der Waals surface area contributed by atoms with Gasteiger partial charge in [0.1, 0.15) is 0 Å². The van der Waals surface area contributed by atoms with Crippen LogP contribution in [0.1, 0.15) is 31.7 Å². The maximum atomic E-state index is 11.8. The second-order valence-corrected chi connectivity index (χ2v) is 5.26. The summed E-state index contributed by atoms with van der Waals surface area (Å²) in [5, 5.41) is 14.4. The predicted octanol–water partition coefficient (Wildman–Crippen LogP) is 2.38. The van der Waals surface area contributed by atoms with Crippen LogP contribution in [0.2, 0.25) is 0 Å². The molecule has 5 heteroatoms. The molecule has 1 aromatic rings.